The molecule has 0 spiro atoms. The van der Waals surface area contributed by atoms with Crippen LogP contribution in [0.2, 0.25) is 0 Å². The molecule has 0 saturated carbocycles. The summed E-state index contributed by atoms with van der Waals surface area (Å²) in [6.07, 6.45) is -4.79. The molecule has 1 heterocycles. The second-order valence-electron chi connectivity index (χ2n) is 2.77. The second kappa shape index (κ2) is 2.54. The van der Waals surface area contributed by atoms with Crippen LogP contribution in [0.25, 0.3) is 0 Å². The number of halogens is 5. The number of rotatable bonds is 1. The molecule has 78 valence electrons. The Labute approximate surface area is 71.3 Å². The van der Waals surface area contributed by atoms with Gasteiger partial charge in [-0.2, -0.15) is 26.9 Å². The molecule has 13 heavy (non-hydrogen) atoms. The zero-order valence-electron chi connectivity index (χ0n) is 6.95. The first-order valence-electron chi connectivity index (χ1n) is 3.57. The average Bonchev–Trinajstić information content (AvgIpc) is 1.93. The summed E-state index contributed by atoms with van der Waals surface area (Å²) in [6.45, 7) is 1.08. The molecule has 7 heteroatoms. The first-order valence-corrected chi connectivity index (χ1v) is 3.57. The Bertz CT molecular complexity index is 217. The van der Waals surface area contributed by atoms with E-state index in [2.05, 4.69) is 4.74 Å². The van der Waals surface area contributed by atoms with E-state index in [9.17, 15) is 22.0 Å². The van der Waals surface area contributed by atoms with Gasteiger partial charge in [0, 0.05) is 13.5 Å². The van der Waals surface area contributed by atoms with E-state index < -0.39 is 24.7 Å². The van der Waals surface area contributed by atoms with E-state index >= 15 is 0 Å². The Morgan fingerprint density at radius 3 is 1.77 bits per heavy atom. The minimum absolute atomic E-state index is 0.333. The van der Waals surface area contributed by atoms with Crippen molar-refractivity contribution in [3.05, 3.63) is 0 Å². The number of nitrogens with zero attached hydrogens (tertiary/aromatic N) is 1. The lowest BCUT2D eigenvalue weighted by Gasteiger charge is -2.26. The van der Waals surface area contributed by atoms with E-state index in [4.69, 9.17) is 0 Å². The van der Waals surface area contributed by atoms with Gasteiger partial charge in [0.1, 0.15) is 0 Å². The molecule has 0 aromatic heterocycles. The summed E-state index contributed by atoms with van der Waals surface area (Å²) in [5.74, 6) is -3.14. The molecule has 0 amide bonds. The van der Waals surface area contributed by atoms with Crippen LogP contribution in [0.5, 0.6) is 0 Å². The van der Waals surface area contributed by atoms with E-state index in [1.165, 1.54) is 0 Å². The van der Waals surface area contributed by atoms with Crippen LogP contribution < -0.4 is 0 Å². The number of likely N-dealkylation sites (N-methyl/N-ethyl adjacent to an activating group) is 1. The second-order valence-corrected chi connectivity index (χ2v) is 2.77. The van der Waals surface area contributed by atoms with Gasteiger partial charge in [-0.15, -0.1) is 0 Å². The molecule has 1 unspecified atom stereocenters. The van der Waals surface area contributed by atoms with E-state index in [0.717, 1.165) is 6.92 Å². The first-order chi connectivity index (χ1) is 5.65. The topological polar surface area (TPSA) is 12.5 Å². The smallest absolute Gasteiger partial charge is 0.263 e. The molecule has 1 rings (SSSR count). The van der Waals surface area contributed by atoms with Crippen molar-refractivity contribution in [3.63, 3.8) is 0 Å². The van der Waals surface area contributed by atoms with Crippen LogP contribution >= 0.6 is 0 Å². The summed E-state index contributed by atoms with van der Waals surface area (Å²) >= 11 is 0. The molecule has 0 aromatic rings. The van der Waals surface area contributed by atoms with Crippen LogP contribution in [0.15, 0.2) is 0 Å². The maximum Gasteiger partial charge on any atom is 0.438 e. The Hall–Kier alpha value is -0.430. The van der Waals surface area contributed by atoms with E-state index in [0.29, 0.717) is 6.92 Å². The summed E-state index contributed by atoms with van der Waals surface area (Å²) in [5.41, 5.74) is 0. The molecule has 0 aliphatic carbocycles. The van der Waals surface area contributed by atoms with Gasteiger partial charge < -0.3 is 0 Å². The molecular formula is C6H8F5NO. The van der Waals surface area contributed by atoms with Crippen LogP contribution in [0.4, 0.5) is 22.0 Å². The number of hydrogen-bond donors (Lipinski definition) is 0. The summed E-state index contributed by atoms with van der Waals surface area (Å²) in [5, 5.41) is 0. The zero-order valence-corrected chi connectivity index (χ0v) is 6.95. The summed E-state index contributed by atoms with van der Waals surface area (Å²) in [4.78, 5) is -0.333. The van der Waals surface area contributed by atoms with Gasteiger partial charge in [-0.3, -0.25) is 4.74 Å². The largest absolute Gasteiger partial charge is 0.438 e. The fourth-order valence-electron chi connectivity index (χ4n) is 1.24. The van der Waals surface area contributed by atoms with Crippen LogP contribution in [-0.2, 0) is 4.74 Å². The van der Waals surface area contributed by atoms with E-state index in [1.807, 2.05) is 0 Å². The minimum atomic E-state index is -4.79. The van der Waals surface area contributed by atoms with Gasteiger partial charge in [-0.25, -0.2) is 0 Å². The van der Waals surface area contributed by atoms with Gasteiger partial charge >= 0.3 is 12.2 Å². The number of alkyl halides is 5. The van der Waals surface area contributed by atoms with Crippen molar-refractivity contribution in [3.8, 4) is 0 Å². The highest BCUT2D eigenvalue weighted by atomic mass is 19.3. The quantitative estimate of drug-likeness (QED) is 0.480. The Morgan fingerprint density at radius 1 is 1.15 bits per heavy atom. The van der Waals surface area contributed by atoms with Crippen molar-refractivity contribution in [1.29, 1.82) is 0 Å². The maximum absolute atomic E-state index is 13.0. The summed E-state index contributed by atoms with van der Waals surface area (Å²) in [6, 6.07) is -4.61. The molecule has 1 atom stereocenters. The minimum Gasteiger partial charge on any atom is -0.263 e. The highest BCUT2D eigenvalue weighted by Crippen LogP contribution is 2.50. The Kier molecular flexibility index (Phi) is 2.08. The van der Waals surface area contributed by atoms with Gasteiger partial charge in [-0.05, 0) is 0 Å². The van der Waals surface area contributed by atoms with Crippen LogP contribution in [-0.4, -0.2) is 29.6 Å². The highest BCUT2D eigenvalue weighted by molar-refractivity contribution is 4.89. The van der Waals surface area contributed by atoms with Crippen LogP contribution in [0.1, 0.15) is 13.8 Å². The van der Waals surface area contributed by atoms with Crippen molar-refractivity contribution in [2.75, 3.05) is 6.54 Å². The Balaban J connectivity index is 3.07. The van der Waals surface area contributed by atoms with Gasteiger partial charge in [0.25, 0.3) is 5.98 Å². The molecule has 1 aliphatic rings. The molecule has 2 nitrogen and oxygen atoms in total. The van der Waals surface area contributed by atoms with Gasteiger partial charge in [0.2, 0.25) is 0 Å². The molecule has 0 aromatic carbocycles. The third-order valence-corrected chi connectivity index (χ3v) is 1.80. The fraction of sp³-hybridized carbons (Fsp3) is 1.00. The van der Waals surface area contributed by atoms with Crippen LogP contribution in [0, 0.1) is 0 Å². The Morgan fingerprint density at radius 2 is 1.62 bits per heavy atom. The van der Waals surface area contributed by atoms with Crippen molar-refractivity contribution in [2.45, 2.75) is 32.0 Å². The van der Waals surface area contributed by atoms with Gasteiger partial charge in [0.15, 0.2) is 0 Å². The van der Waals surface area contributed by atoms with Gasteiger partial charge in [0.05, 0.1) is 0 Å². The molecular weight excluding hydrogens is 197 g/mol. The first kappa shape index (κ1) is 10.6. The molecule has 1 aliphatic heterocycles. The fourth-order valence-corrected chi connectivity index (χ4v) is 1.24. The third-order valence-electron chi connectivity index (χ3n) is 1.80. The molecule has 0 N–H and O–H groups in total. The zero-order chi connectivity index (χ0) is 10.5. The number of ether oxygens (including phenoxy) is 1. The average molecular weight is 205 g/mol. The monoisotopic (exact) mass is 205 g/mol. The van der Waals surface area contributed by atoms with Crippen molar-refractivity contribution in [1.82, 2.24) is 4.90 Å². The molecule has 0 radical (unpaired) electrons. The van der Waals surface area contributed by atoms with Crippen LogP contribution in [0.3, 0.4) is 0 Å². The maximum atomic E-state index is 13.0. The normalized spacial score (nSPS) is 38.1. The van der Waals surface area contributed by atoms with E-state index in [1.54, 1.807) is 0 Å². The highest BCUT2D eigenvalue weighted by Gasteiger charge is 2.74. The molecule has 0 bridgehead atoms. The standard InChI is InChI=1S/C6H8F5NO/c1-3-12-4(2,7)13-6(10,11)5(12,8)9/h3H2,1-2H3. The van der Waals surface area contributed by atoms with Crippen molar-refractivity contribution < 1.29 is 26.7 Å². The lowest BCUT2D eigenvalue weighted by molar-refractivity contribution is -0.335. The SMILES string of the molecule is CCN1C(C)(F)OC(F)(F)C1(F)F. The summed E-state index contributed by atoms with van der Waals surface area (Å²) in [7, 11) is 0. The lowest BCUT2D eigenvalue weighted by Crippen LogP contribution is -2.49. The molecule has 1 fully saturated rings. The van der Waals surface area contributed by atoms with E-state index in [-0.39, 0.29) is 4.90 Å². The predicted molar refractivity (Wildman–Crippen MR) is 32.9 cm³/mol. The van der Waals surface area contributed by atoms with Crippen molar-refractivity contribution in [2.24, 2.45) is 0 Å². The number of hydrogen-bond acceptors (Lipinski definition) is 2. The molecule has 1 saturated heterocycles. The lowest BCUT2D eigenvalue weighted by atomic mass is 10.4. The van der Waals surface area contributed by atoms with Gasteiger partial charge in [-0.1, -0.05) is 6.92 Å². The summed E-state index contributed by atoms with van der Waals surface area (Å²) < 4.78 is 66.5. The third kappa shape index (κ3) is 1.30. The predicted octanol–water partition coefficient (Wildman–Crippen LogP) is 2.17. The van der Waals surface area contributed by atoms with Crippen molar-refractivity contribution >= 4 is 0 Å².